The molecule has 0 fully saturated rings. The first kappa shape index (κ1) is 20.0. The maximum absolute atomic E-state index is 11.8. The number of aromatic nitrogens is 1. The summed E-state index contributed by atoms with van der Waals surface area (Å²) in [5.74, 6) is -1.22. The minimum Gasteiger partial charge on any atom is -0.481 e. The largest absolute Gasteiger partial charge is 0.481 e. The first-order valence-corrected chi connectivity index (χ1v) is 10.4. The van der Waals surface area contributed by atoms with Crippen molar-refractivity contribution in [2.75, 3.05) is 0 Å². The highest BCUT2D eigenvalue weighted by Gasteiger charge is 2.28. The van der Waals surface area contributed by atoms with Crippen molar-refractivity contribution in [1.29, 1.82) is 0 Å². The quantitative estimate of drug-likeness (QED) is 0.306. The van der Waals surface area contributed by atoms with Gasteiger partial charge in [0.1, 0.15) is 4.70 Å². The fourth-order valence-electron chi connectivity index (χ4n) is 3.31. The molecule has 4 nitrogen and oxygen atoms in total. The van der Waals surface area contributed by atoms with Gasteiger partial charge in [-0.3, -0.25) is 9.79 Å². The summed E-state index contributed by atoms with van der Waals surface area (Å²) in [5.41, 5.74) is 4.15. The minimum absolute atomic E-state index is 0.0735. The van der Waals surface area contributed by atoms with Crippen LogP contribution < -0.4 is 4.57 Å². The van der Waals surface area contributed by atoms with Crippen LogP contribution in [0.4, 0.5) is 5.69 Å². The molecule has 0 aliphatic rings. The average molecular weight is 394 g/mol. The molecule has 0 aliphatic heterocycles. The van der Waals surface area contributed by atoms with E-state index in [1.807, 2.05) is 67.8 Å². The number of aliphatic imine (C=N–C) groups is 1. The third kappa shape index (κ3) is 5.14. The second-order valence-corrected chi connectivity index (χ2v) is 7.56. The zero-order valence-electron chi connectivity index (χ0n) is 15.9. The molecule has 2 unspecified atom stereocenters. The maximum Gasteiger partial charge on any atom is 0.307 e. The molecule has 0 bridgehead atoms. The predicted octanol–water partition coefficient (Wildman–Crippen LogP) is 5.26. The number of carboxylic acid groups (broad SMARTS) is 1. The molecular weight excluding hydrogens is 368 g/mol. The average Bonchev–Trinajstić information content (AvgIpc) is 3.11. The lowest BCUT2D eigenvalue weighted by molar-refractivity contribution is -0.673. The van der Waals surface area contributed by atoms with Gasteiger partial charge in [0, 0.05) is 24.6 Å². The zero-order chi connectivity index (χ0) is 19.8. The number of thiazole rings is 1. The number of hydrogen-bond acceptors (Lipinski definition) is 3. The maximum atomic E-state index is 11.8. The summed E-state index contributed by atoms with van der Waals surface area (Å²) in [4.78, 5) is 16.2. The van der Waals surface area contributed by atoms with E-state index in [2.05, 4.69) is 27.2 Å². The van der Waals surface area contributed by atoms with Crippen LogP contribution >= 0.6 is 11.3 Å². The SMILES string of the molecule is CCC(C(=O)O)C(C=CCC=Nc1ccccc1)C[n+]1csc2ccccc21. The van der Waals surface area contributed by atoms with Gasteiger partial charge in [0.15, 0.2) is 6.54 Å². The molecule has 2 atom stereocenters. The molecule has 2 aromatic carbocycles. The van der Waals surface area contributed by atoms with Crippen LogP contribution in [0.25, 0.3) is 10.2 Å². The number of carbonyl (C=O) groups is 1. The molecule has 0 radical (unpaired) electrons. The van der Waals surface area contributed by atoms with Gasteiger partial charge < -0.3 is 5.11 Å². The van der Waals surface area contributed by atoms with Gasteiger partial charge >= 0.3 is 5.97 Å². The number of rotatable bonds is 9. The fourth-order valence-corrected chi connectivity index (χ4v) is 4.21. The molecule has 0 amide bonds. The Hall–Kier alpha value is -2.79. The number of fused-ring (bicyclic) bond motifs is 1. The molecule has 1 heterocycles. The van der Waals surface area contributed by atoms with E-state index in [4.69, 9.17) is 0 Å². The summed E-state index contributed by atoms with van der Waals surface area (Å²) < 4.78 is 3.38. The van der Waals surface area contributed by atoms with Gasteiger partial charge in [0.05, 0.1) is 11.6 Å². The summed E-state index contributed by atoms with van der Waals surface area (Å²) in [6.07, 6.45) is 7.20. The standard InChI is InChI=1S/C23H24N2O2S/c1-2-20(23(26)27)18(10-8-9-15-24-19-11-4-3-5-12-19)16-25-17-28-22-14-7-6-13-21(22)25/h3-8,10-15,17-18,20H,2,9,16H2,1H3/p+1. The van der Waals surface area contributed by atoms with Crippen molar-refractivity contribution in [3.8, 4) is 0 Å². The number of nitrogens with zero attached hydrogens (tertiary/aromatic N) is 2. The van der Waals surface area contributed by atoms with Crippen molar-refractivity contribution >= 4 is 39.4 Å². The Labute approximate surface area is 169 Å². The number of para-hydroxylation sites is 2. The molecule has 3 rings (SSSR count). The van der Waals surface area contributed by atoms with Crippen LogP contribution in [0.15, 0.2) is 77.3 Å². The summed E-state index contributed by atoms with van der Waals surface area (Å²) in [5, 5.41) is 9.67. The Morgan fingerprint density at radius 1 is 1.18 bits per heavy atom. The van der Waals surface area contributed by atoms with Crippen molar-refractivity contribution in [2.45, 2.75) is 26.3 Å². The predicted molar refractivity (Wildman–Crippen MR) is 115 cm³/mol. The van der Waals surface area contributed by atoms with Crippen LogP contribution in [0, 0.1) is 11.8 Å². The number of aliphatic carboxylic acids is 1. The Morgan fingerprint density at radius 2 is 1.93 bits per heavy atom. The summed E-state index contributed by atoms with van der Waals surface area (Å²) in [6.45, 7) is 2.59. The lowest BCUT2D eigenvalue weighted by atomic mass is 9.89. The highest BCUT2D eigenvalue weighted by atomic mass is 32.1. The highest BCUT2D eigenvalue weighted by molar-refractivity contribution is 7.16. The summed E-state index contributed by atoms with van der Waals surface area (Å²) >= 11 is 1.68. The van der Waals surface area contributed by atoms with Gasteiger partial charge in [0.2, 0.25) is 11.0 Å². The first-order chi connectivity index (χ1) is 13.7. The van der Waals surface area contributed by atoms with Gasteiger partial charge in [-0.05, 0) is 24.6 Å². The lowest BCUT2D eigenvalue weighted by Gasteiger charge is -2.16. The number of hydrogen-bond donors (Lipinski definition) is 1. The highest BCUT2D eigenvalue weighted by Crippen LogP contribution is 2.21. The van der Waals surface area contributed by atoms with Gasteiger partial charge in [-0.2, -0.15) is 4.57 Å². The first-order valence-electron chi connectivity index (χ1n) is 9.51. The van der Waals surface area contributed by atoms with E-state index in [0.29, 0.717) is 19.4 Å². The molecule has 0 saturated carbocycles. The molecule has 1 aromatic heterocycles. The fraction of sp³-hybridized carbons (Fsp3) is 0.261. The number of allylic oxidation sites excluding steroid dienone is 2. The topological polar surface area (TPSA) is 53.5 Å². The van der Waals surface area contributed by atoms with Gasteiger partial charge in [-0.1, -0.05) is 60.7 Å². The van der Waals surface area contributed by atoms with E-state index in [1.54, 1.807) is 11.3 Å². The van der Waals surface area contributed by atoms with Crippen LogP contribution in [0.5, 0.6) is 0 Å². The normalized spacial score (nSPS) is 14.0. The Bertz CT molecular complexity index is 963. The molecule has 5 heteroatoms. The zero-order valence-corrected chi connectivity index (χ0v) is 16.8. The number of carboxylic acids is 1. The summed E-state index contributed by atoms with van der Waals surface area (Å²) in [7, 11) is 0. The van der Waals surface area contributed by atoms with Crippen molar-refractivity contribution in [1.82, 2.24) is 0 Å². The number of benzene rings is 2. The van der Waals surface area contributed by atoms with Gasteiger partial charge in [-0.15, -0.1) is 0 Å². The van der Waals surface area contributed by atoms with E-state index in [9.17, 15) is 9.90 Å². The molecule has 28 heavy (non-hydrogen) atoms. The molecule has 0 saturated heterocycles. The molecular formula is C23H25N2O2S+. The minimum atomic E-state index is -0.741. The second-order valence-electron chi connectivity index (χ2n) is 6.67. The Morgan fingerprint density at radius 3 is 2.68 bits per heavy atom. The van der Waals surface area contributed by atoms with Crippen LogP contribution in [0.3, 0.4) is 0 Å². The molecule has 1 N–H and O–H groups in total. The van der Waals surface area contributed by atoms with E-state index >= 15 is 0 Å². The van der Waals surface area contributed by atoms with Crippen LogP contribution in [0.2, 0.25) is 0 Å². The van der Waals surface area contributed by atoms with Crippen LogP contribution in [-0.4, -0.2) is 17.3 Å². The third-order valence-corrected chi connectivity index (χ3v) is 5.74. The van der Waals surface area contributed by atoms with Crippen molar-refractivity contribution in [2.24, 2.45) is 16.8 Å². The second kappa shape index (κ2) is 9.95. The Balaban J connectivity index is 1.73. The van der Waals surface area contributed by atoms with E-state index in [-0.39, 0.29) is 5.92 Å². The molecule has 144 valence electrons. The van der Waals surface area contributed by atoms with E-state index in [0.717, 1.165) is 11.2 Å². The summed E-state index contributed by atoms with van der Waals surface area (Å²) in [6, 6.07) is 18.0. The molecule has 0 aliphatic carbocycles. The third-order valence-electron chi connectivity index (χ3n) is 4.78. The van der Waals surface area contributed by atoms with Crippen molar-refractivity contribution in [3.05, 3.63) is 72.3 Å². The van der Waals surface area contributed by atoms with Crippen LogP contribution in [-0.2, 0) is 11.3 Å². The molecule has 3 aromatic rings. The monoisotopic (exact) mass is 393 g/mol. The molecule has 0 spiro atoms. The van der Waals surface area contributed by atoms with Gasteiger partial charge in [0.25, 0.3) is 0 Å². The van der Waals surface area contributed by atoms with Gasteiger partial charge in [-0.25, -0.2) is 0 Å². The van der Waals surface area contributed by atoms with Crippen molar-refractivity contribution in [3.63, 3.8) is 0 Å². The van der Waals surface area contributed by atoms with E-state index < -0.39 is 11.9 Å². The van der Waals surface area contributed by atoms with E-state index in [1.165, 1.54) is 4.70 Å². The van der Waals surface area contributed by atoms with Crippen LogP contribution in [0.1, 0.15) is 19.8 Å². The van der Waals surface area contributed by atoms with Crippen molar-refractivity contribution < 1.29 is 14.5 Å². The lowest BCUT2D eigenvalue weighted by Crippen LogP contribution is -2.39. The Kier molecular flexibility index (Phi) is 7.09. The smallest absolute Gasteiger partial charge is 0.307 e.